The van der Waals surface area contributed by atoms with Crippen LogP contribution in [0.4, 0.5) is 17.5 Å². The zero-order valence-electron chi connectivity index (χ0n) is 13.1. The van der Waals surface area contributed by atoms with Gasteiger partial charge in [0.1, 0.15) is 0 Å². The van der Waals surface area contributed by atoms with Crippen LogP contribution < -0.4 is 10.6 Å². The highest BCUT2D eigenvalue weighted by Crippen LogP contribution is 2.18. The van der Waals surface area contributed by atoms with E-state index in [4.69, 9.17) is 0 Å². The molecule has 0 fully saturated rings. The molecule has 0 aliphatic rings. The zero-order valence-corrected chi connectivity index (χ0v) is 13.1. The summed E-state index contributed by atoms with van der Waals surface area (Å²) in [7, 11) is 0. The molecular weight excluding hydrogens is 288 g/mol. The minimum Gasteiger partial charge on any atom is -0.349 e. The molecule has 2 aromatic heterocycles. The lowest BCUT2D eigenvalue weighted by Crippen LogP contribution is -2.06. The summed E-state index contributed by atoms with van der Waals surface area (Å²) in [5.41, 5.74) is 4.53. The average Bonchev–Trinajstić information content (AvgIpc) is 2.58. The van der Waals surface area contributed by atoms with Gasteiger partial charge in [-0.2, -0.15) is 10.1 Å². The van der Waals surface area contributed by atoms with Crippen LogP contribution in [0, 0.1) is 13.8 Å². The van der Waals surface area contributed by atoms with E-state index in [-0.39, 0.29) is 0 Å². The van der Waals surface area contributed by atoms with Crippen LogP contribution in [0.15, 0.2) is 48.9 Å². The molecule has 0 aliphatic carbocycles. The van der Waals surface area contributed by atoms with E-state index in [1.54, 1.807) is 18.6 Å². The van der Waals surface area contributed by atoms with Crippen LogP contribution in [0.1, 0.15) is 16.7 Å². The van der Waals surface area contributed by atoms with Crippen molar-refractivity contribution in [2.45, 2.75) is 20.4 Å². The van der Waals surface area contributed by atoms with Crippen molar-refractivity contribution in [1.29, 1.82) is 0 Å². The van der Waals surface area contributed by atoms with Gasteiger partial charge in [-0.05, 0) is 48.7 Å². The zero-order chi connectivity index (χ0) is 16.1. The lowest BCUT2D eigenvalue weighted by Gasteiger charge is -2.09. The predicted molar refractivity (Wildman–Crippen MR) is 90.6 cm³/mol. The Balaban J connectivity index is 1.68. The van der Waals surface area contributed by atoms with Crippen LogP contribution in [0.2, 0.25) is 0 Å². The second-order valence-corrected chi connectivity index (χ2v) is 5.30. The van der Waals surface area contributed by atoms with Crippen molar-refractivity contribution in [1.82, 2.24) is 20.2 Å². The van der Waals surface area contributed by atoms with Crippen LogP contribution in [-0.4, -0.2) is 20.2 Å². The first kappa shape index (κ1) is 14.9. The van der Waals surface area contributed by atoms with Crippen molar-refractivity contribution in [2.24, 2.45) is 0 Å². The van der Waals surface area contributed by atoms with E-state index in [0.717, 1.165) is 11.3 Å². The minimum atomic E-state index is 0.475. The van der Waals surface area contributed by atoms with Gasteiger partial charge in [-0.25, -0.2) is 0 Å². The number of nitrogens with one attached hydrogen (secondary N) is 2. The Kier molecular flexibility index (Phi) is 4.42. The third-order valence-electron chi connectivity index (χ3n) is 3.51. The van der Waals surface area contributed by atoms with Gasteiger partial charge < -0.3 is 10.6 Å². The predicted octanol–water partition coefficient (Wildman–Crippen LogP) is 3.24. The summed E-state index contributed by atoms with van der Waals surface area (Å²) in [5.74, 6) is 1.12. The molecule has 23 heavy (non-hydrogen) atoms. The normalized spacial score (nSPS) is 10.3. The lowest BCUT2D eigenvalue weighted by atomic mass is 10.1. The first-order chi connectivity index (χ1) is 11.2. The van der Waals surface area contributed by atoms with Crippen molar-refractivity contribution in [3.8, 4) is 0 Å². The molecule has 0 bridgehead atoms. The first-order valence-electron chi connectivity index (χ1n) is 7.37. The number of pyridine rings is 1. The molecule has 2 N–H and O–H groups in total. The Labute approximate surface area is 135 Å². The largest absolute Gasteiger partial charge is 0.349 e. The maximum absolute atomic E-state index is 4.42. The number of benzene rings is 1. The van der Waals surface area contributed by atoms with Crippen LogP contribution >= 0.6 is 0 Å². The molecule has 3 rings (SSSR count). The summed E-state index contributed by atoms with van der Waals surface area (Å²) in [6.07, 6.45) is 5.15. The molecule has 3 aromatic rings. The fourth-order valence-electron chi connectivity index (χ4n) is 2.09. The van der Waals surface area contributed by atoms with Crippen LogP contribution in [0.25, 0.3) is 0 Å². The summed E-state index contributed by atoms with van der Waals surface area (Å²) in [6, 6.07) is 10.1. The summed E-state index contributed by atoms with van der Waals surface area (Å²) in [6.45, 7) is 4.77. The van der Waals surface area contributed by atoms with Gasteiger partial charge in [0.15, 0.2) is 5.82 Å². The molecule has 0 amide bonds. The molecule has 6 nitrogen and oxygen atoms in total. The Morgan fingerprint density at radius 3 is 2.74 bits per heavy atom. The number of hydrogen-bond donors (Lipinski definition) is 2. The van der Waals surface area contributed by atoms with Gasteiger partial charge in [-0.1, -0.05) is 12.1 Å². The molecule has 116 valence electrons. The second-order valence-electron chi connectivity index (χ2n) is 5.30. The molecular formula is C17H18N6. The standard InChI is InChI=1S/C17H18N6/c1-12-5-6-15(8-13(12)2)21-16-11-20-23-17(22-16)19-10-14-4-3-7-18-9-14/h3-9,11H,10H2,1-2H3,(H2,19,21,22,23). The molecule has 0 radical (unpaired) electrons. The van der Waals surface area contributed by atoms with Crippen LogP contribution in [0.3, 0.4) is 0 Å². The highest BCUT2D eigenvalue weighted by Gasteiger charge is 2.02. The number of anilines is 3. The van der Waals surface area contributed by atoms with E-state index < -0.39 is 0 Å². The van der Waals surface area contributed by atoms with Crippen LogP contribution in [0.5, 0.6) is 0 Å². The van der Waals surface area contributed by atoms with Gasteiger partial charge in [0.25, 0.3) is 0 Å². The van der Waals surface area contributed by atoms with Gasteiger partial charge in [0, 0.05) is 24.6 Å². The monoisotopic (exact) mass is 306 g/mol. The van der Waals surface area contributed by atoms with Crippen molar-refractivity contribution < 1.29 is 0 Å². The third kappa shape index (κ3) is 4.00. The van der Waals surface area contributed by atoms with Gasteiger partial charge in [-0.15, -0.1) is 5.10 Å². The number of nitrogens with zero attached hydrogens (tertiary/aromatic N) is 4. The molecule has 1 aromatic carbocycles. The molecule has 0 spiro atoms. The number of aryl methyl sites for hydroxylation is 2. The summed E-state index contributed by atoms with van der Waals surface area (Å²) in [4.78, 5) is 8.50. The van der Waals surface area contributed by atoms with E-state index in [1.807, 2.05) is 18.2 Å². The molecule has 0 saturated carbocycles. The highest BCUT2D eigenvalue weighted by molar-refractivity contribution is 5.58. The second kappa shape index (κ2) is 6.83. The molecule has 0 unspecified atom stereocenters. The third-order valence-corrected chi connectivity index (χ3v) is 3.51. The average molecular weight is 306 g/mol. The van der Waals surface area contributed by atoms with Crippen molar-refractivity contribution in [3.63, 3.8) is 0 Å². The number of aromatic nitrogens is 4. The molecule has 0 atom stereocenters. The van der Waals surface area contributed by atoms with E-state index in [0.29, 0.717) is 18.3 Å². The van der Waals surface area contributed by atoms with E-state index >= 15 is 0 Å². The van der Waals surface area contributed by atoms with E-state index in [1.165, 1.54) is 11.1 Å². The van der Waals surface area contributed by atoms with Crippen molar-refractivity contribution in [3.05, 3.63) is 65.6 Å². The molecule has 6 heteroatoms. The van der Waals surface area contributed by atoms with Crippen molar-refractivity contribution in [2.75, 3.05) is 10.6 Å². The highest BCUT2D eigenvalue weighted by atomic mass is 15.3. The Morgan fingerprint density at radius 2 is 1.96 bits per heavy atom. The van der Waals surface area contributed by atoms with E-state index in [2.05, 4.69) is 56.8 Å². The Morgan fingerprint density at radius 1 is 1.04 bits per heavy atom. The summed E-state index contributed by atoms with van der Waals surface area (Å²) < 4.78 is 0. The Hall–Kier alpha value is -3.02. The summed E-state index contributed by atoms with van der Waals surface area (Å²) >= 11 is 0. The SMILES string of the molecule is Cc1ccc(Nc2cnnc(NCc3cccnc3)n2)cc1C. The molecule has 0 saturated heterocycles. The van der Waals surface area contributed by atoms with Gasteiger partial charge in [0.05, 0.1) is 6.20 Å². The fraction of sp³-hybridized carbons (Fsp3) is 0.176. The van der Waals surface area contributed by atoms with Gasteiger partial charge >= 0.3 is 0 Å². The maximum atomic E-state index is 4.42. The van der Waals surface area contributed by atoms with Gasteiger partial charge in [-0.3, -0.25) is 4.98 Å². The Bertz CT molecular complexity index is 788. The smallest absolute Gasteiger partial charge is 0.244 e. The summed E-state index contributed by atoms with van der Waals surface area (Å²) in [5, 5.41) is 14.4. The van der Waals surface area contributed by atoms with E-state index in [9.17, 15) is 0 Å². The quantitative estimate of drug-likeness (QED) is 0.753. The first-order valence-corrected chi connectivity index (χ1v) is 7.37. The lowest BCUT2D eigenvalue weighted by molar-refractivity contribution is 0.946. The van der Waals surface area contributed by atoms with Crippen molar-refractivity contribution >= 4 is 17.5 Å². The number of rotatable bonds is 5. The van der Waals surface area contributed by atoms with Gasteiger partial charge in [0.2, 0.25) is 5.95 Å². The fourth-order valence-corrected chi connectivity index (χ4v) is 2.09. The molecule has 0 aliphatic heterocycles. The number of hydrogen-bond acceptors (Lipinski definition) is 6. The molecule has 2 heterocycles. The van der Waals surface area contributed by atoms with Crippen LogP contribution in [-0.2, 0) is 6.54 Å². The maximum Gasteiger partial charge on any atom is 0.244 e. The topological polar surface area (TPSA) is 75.6 Å². The minimum absolute atomic E-state index is 0.475.